The van der Waals surface area contributed by atoms with E-state index in [1.165, 1.54) is 29.5 Å². The molecule has 13 heteroatoms. The van der Waals surface area contributed by atoms with Gasteiger partial charge in [0.2, 0.25) is 4.96 Å². The van der Waals surface area contributed by atoms with Gasteiger partial charge < -0.3 is 9.73 Å². The van der Waals surface area contributed by atoms with Crippen molar-refractivity contribution in [3.8, 4) is 21.9 Å². The van der Waals surface area contributed by atoms with Gasteiger partial charge in [0, 0.05) is 17.3 Å². The molecule has 0 atom stereocenters. The quantitative estimate of drug-likeness (QED) is 0.191. The molecule has 0 aliphatic rings. The molecule has 0 radical (unpaired) electrons. The summed E-state index contributed by atoms with van der Waals surface area (Å²) in [5.41, 5.74) is 2.68. The third kappa shape index (κ3) is 4.44. The maximum Gasteiger partial charge on any atom is 0.293 e. The number of nitro benzene ring substituents is 1. The van der Waals surface area contributed by atoms with Gasteiger partial charge in [0.15, 0.2) is 16.7 Å². The zero-order valence-corrected chi connectivity index (χ0v) is 20.5. The highest BCUT2D eigenvalue weighted by Gasteiger charge is 2.20. The average molecular weight is 520 g/mol. The Bertz CT molecular complexity index is 1650. The summed E-state index contributed by atoms with van der Waals surface area (Å²) >= 11 is 6.73. The van der Waals surface area contributed by atoms with Crippen molar-refractivity contribution in [2.75, 3.05) is 5.32 Å². The molecule has 5 aromatic rings. The Kier molecular flexibility index (Phi) is 6.00. The number of para-hydroxylation sites is 1. The lowest BCUT2D eigenvalue weighted by molar-refractivity contribution is -0.384. The molecule has 3 heterocycles. The molecule has 0 aliphatic heterocycles. The first-order valence-electron chi connectivity index (χ1n) is 10.6. The number of nitrogens with one attached hydrogen (secondary N) is 2. The van der Waals surface area contributed by atoms with Crippen molar-refractivity contribution >= 4 is 50.9 Å². The number of furan rings is 1. The fourth-order valence-corrected chi connectivity index (χ4v) is 4.62. The summed E-state index contributed by atoms with van der Waals surface area (Å²) in [5.74, 6) is 0.312. The molecule has 0 aliphatic carbocycles. The number of amides is 1. The Hall–Kier alpha value is -4.49. The van der Waals surface area contributed by atoms with Gasteiger partial charge in [-0.1, -0.05) is 23.5 Å². The lowest BCUT2D eigenvalue weighted by Gasteiger charge is -2.12. The number of anilines is 1. The topological polar surface area (TPSA) is 140 Å². The number of rotatable bonds is 5. The molecule has 0 bridgehead atoms. The number of hydrogen-bond donors (Lipinski definition) is 2. The molecule has 0 saturated carbocycles. The van der Waals surface area contributed by atoms with Crippen LogP contribution in [0.15, 0.2) is 59.0 Å². The van der Waals surface area contributed by atoms with Gasteiger partial charge in [-0.25, -0.2) is 0 Å². The minimum atomic E-state index is -0.582. The SMILES string of the molecule is Cc1cc(-c2nn3c(C)nnc3s2)ccc1NC(=S)NC(=O)c1ccc(-c2ccccc2[N+](=O)[O-])o1. The van der Waals surface area contributed by atoms with Crippen LogP contribution < -0.4 is 10.6 Å². The molecule has 180 valence electrons. The van der Waals surface area contributed by atoms with Crippen molar-refractivity contribution in [1.82, 2.24) is 25.1 Å². The first-order valence-corrected chi connectivity index (χ1v) is 11.8. The number of carbonyl (C=O) groups is 1. The Morgan fingerprint density at radius 1 is 1.14 bits per heavy atom. The minimum Gasteiger partial charge on any atom is -0.451 e. The number of aryl methyl sites for hydroxylation is 2. The summed E-state index contributed by atoms with van der Waals surface area (Å²) in [6.45, 7) is 3.75. The Balaban J connectivity index is 1.27. The van der Waals surface area contributed by atoms with Crippen molar-refractivity contribution in [3.05, 3.63) is 81.9 Å². The summed E-state index contributed by atoms with van der Waals surface area (Å²) in [6.07, 6.45) is 0. The van der Waals surface area contributed by atoms with Gasteiger partial charge in [0.1, 0.15) is 10.8 Å². The molecule has 2 N–H and O–H groups in total. The van der Waals surface area contributed by atoms with E-state index in [-0.39, 0.29) is 27.9 Å². The average Bonchev–Trinajstić information content (AvgIpc) is 3.58. The third-order valence-electron chi connectivity index (χ3n) is 5.29. The highest BCUT2D eigenvalue weighted by molar-refractivity contribution is 7.80. The molecule has 2 aromatic carbocycles. The van der Waals surface area contributed by atoms with Crippen LogP contribution in [0.5, 0.6) is 0 Å². The van der Waals surface area contributed by atoms with E-state index in [4.69, 9.17) is 16.6 Å². The van der Waals surface area contributed by atoms with Gasteiger partial charge in [-0.15, -0.1) is 10.2 Å². The van der Waals surface area contributed by atoms with Crippen LogP contribution in [0.2, 0.25) is 0 Å². The lowest BCUT2D eigenvalue weighted by Crippen LogP contribution is -2.34. The second-order valence-corrected chi connectivity index (χ2v) is 9.09. The number of benzene rings is 2. The number of aromatic nitrogens is 4. The van der Waals surface area contributed by atoms with Gasteiger partial charge in [-0.05, 0) is 68.0 Å². The van der Waals surface area contributed by atoms with Crippen molar-refractivity contribution in [1.29, 1.82) is 0 Å². The van der Waals surface area contributed by atoms with Gasteiger partial charge >= 0.3 is 0 Å². The fraction of sp³-hybridized carbons (Fsp3) is 0.0870. The van der Waals surface area contributed by atoms with E-state index >= 15 is 0 Å². The largest absolute Gasteiger partial charge is 0.451 e. The van der Waals surface area contributed by atoms with Crippen LogP contribution in [0, 0.1) is 24.0 Å². The molecule has 36 heavy (non-hydrogen) atoms. The summed E-state index contributed by atoms with van der Waals surface area (Å²) in [5, 5.41) is 30.4. The van der Waals surface area contributed by atoms with Crippen molar-refractivity contribution < 1.29 is 14.1 Å². The van der Waals surface area contributed by atoms with Crippen molar-refractivity contribution in [2.24, 2.45) is 0 Å². The van der Waals surface area contributed by atoms with Crippen LogP contribution >= 0.6 is 23.6 Å². The standard InChI is InChI=1S/C23H17N7O4S2/c1-12-11-14(21-28-29-13(2)26-27-23(29)36-21)7-8-16(12)24-22(35)25-20(31)19-10-9-18(34-19)15-5-3-4-6-17(15)30(32)33/h3-11H,1-2H3,(H2,24,25,31,35). The molecular formula is C23H17N7O4S2. The Labute approximate surface area is 212 Å². The summed E-state index contributed by atoms with van der Waals surface area (Å²) in [6, 6.07) is 14.8. The minimum absolute atomic E-state index is 0.0297. The molecule has 11 nitrogen and oxygen atoms in total. The second kappa shape index (κ2) is 9.28. The van der Waals surface area contributed by atoms with E-state index < -0.39 is 10.8 Å². The smallest absolute Gasteiger partial charge is 0.293 e. The number of carbonyl (C=O) groups excluding carboxylic acids is 1. The molecule has 0 saturated heterocycles. The van der Waals surface area contributed by atoms with E-state index in [0.717, 1.165) is 16.1 Å². The molecule has 0 spiro atoms. The highest BCUT2D eigenvalue weighted by Crippen LogP contribution is 2.31. The fourth-order valence-electron chi connectivity index (χ4n) is 3.53. The van der Waals surface area contributed by atoms with Crippen LogP contribution in [0.1, 0.15) is 21.9 Å². The van der Waals surface area contributed by atoms with E-state index in [9.17, 15) is 14.9 Å². The first-order chi connectivity index (χ1) is 17.3. The number of nitrogens with zero attached hydrogens (tertiary/aromatic N) is 5. The Morgan fingerprint density at radius 3 is 2.69 bits per heavy atom. The van der Waals surface area contributed by atoms with E-state index in [1.54, 1.807) is 22.7 Å². The molecule has 1 amide bonds. The number of nitro groups is 1. The lowest BCUT2D eigenvalue weighted by atomic mass is 10.1. The third-order valence-corrected chi connectivity index (χ3v) is 6.44. The molecule has 0 fully saturated rings. The van der Waals surface area contributed by atoms with Crippen LogP contribution in [0.25, 0.3) is 26.9 Å². The Morgan fingerprint density at radius 2 is 1.94 bits per heavy atom. The first kappa shape index (κ1) is 23.3. The maximum absolute atomic E-state index is 12.6. The second-order valence-electron chi connectivity index (χ2n) is 7.72. The van der Waals surface area contributed by atoms with Gasteiger partial charge in [0.25, 0.3) is 11.6 Å². The monoisotopic (exact) mass is 519 g/mol. The van der Waals surface area contributed by atoms with E-state index in [1.807, 2.05) is 32.0 Å². The summed E-state index contributed by atoms with van der Waals surface area (Å²) in [4.78, 5) is 24.1. The van der Waals surface area contributed by atoms with Gasteiger partial charge in [-0.3, -0.25) is 20.2 Å². The van der Waals surface area contributed by atoms with Crippen LogP contribution in [0.3, 0.4) is 0 Å². The predicted octanol–water partition coefficient (Wildman–Crippen LogP) is 4.76. The molecular weight excluding hydrogens is 502 g/mol. The van der Waals surface area contributed by atoms with Crippen molar-refractivity contribution in [2.45, 2.75) is 13.8 Å². The van der Waals surface area contributed by atoms with Gasteiger partial charge in [0.05, 0.1) is 10.5 Å². The predicted molar refractivity (Wildman–Crippen MR) is 138 cm³/mol. The zero-order valence-electron chi connectivity index (χ0n) is 18.9. The van der Waals surface area contributed by atoms with E-state index in [0.29, 0.717) is 16.5 Å². The van der Waals surface area contributed by atoms with Crippen LogP contribution in [-0.4, -0.2) is 35.8 Å². The molecule has 5 rings (SSSR count). The maximum atomic E-state index is 12.6. The zero-order chi connectivity index (χ0) is 25.4. The number of thiocarbonyl (C=S) groups is 1. The number of fused-ring (bicyclic) bond motifs is 1. The summed E-state index contributed by atoms with van der Waals surface area (Å²) in [7, 11) is 0. The summed E-state index contributed by atoms with van der Waals surface area (Å²) < 4.78 is 7.26. The van der Waals surface area contributed by atoms with Gasteiger partial charge in [-0.2, -0.15) is 9.61 Å². The normalized spacial score (nSPS) is 10.9. The highest BCUT2D eigenvalue weighted by atomic mass is 32.1. The number of hydrogen-bond acceptors (Lipinski definition) is 9. The van der Waals surface area contributed by atoms with Crippen LogP contribution in [0.4, 0.5) is 11.4 Å². The van der Waals surface area contributed by atoms with Crippen molar-refractivity contribution in [3.63, 3.8) is 0 Å². The van der Waals surface area contributed by atoms with Crippen LogP contribution in [-0.2, 0) is 0 Å². The molecule has 3 aromatic heterocycles. The van der Waals surface area contributed by atoms with E-state index in [2.05, 4.69) is 25.9 Å². The molecule has 0 unspecified atom stereocenters.